The van der Waals surface area contributed by atoms with Crippen molar-refractivity contribution in [2.24, 2.45) is 5.73 Å². The molecule has 0 atom stereocenters. The summed E-state index contributed by atoms with van der Waals surface area (Å²) in [4.78, 5) is 0. The molecule has 0 aliphatic rings. The van der Waals surface area contributed by atoms with Crippen LogP contribution in [0.25, 0.3) is 0 Å². The highest BCUT2D eigenvalue weighted by atomic mass is 32.2. The molecule has 0 unspecified atom stereocenters. The second-order valence-electron chi connectivity index (χ2n) is 2.58. The van der Waals surface area contributed by atoms with Gasteiger partial charge < -0.3 is 5.73 Å². The highest BCUT2D eigenvalue weighted by molar-refractivity contribution is 8.22. The zero-order valence-electron chi connectivity index (χ0n) is 7.14. The lowest BCUT2D eigenvalue weighted by Crippen LogP contribution is -2.02. The summed E-state index contributed by atoms with van der Waals surface area (Å²) in [6.07, 6.45) is 6.60. The van der Waals surface area contributed by atoms with Crippen molar-refractivity contribution in [3.8, 4) is 0 Å². The van der Waals surface area contributed by atoms with E-state index in [0.717, 1.165) is 5.75 Å². The first-order chi connectivity index (χ1) is 5.27. The Hall–Kier alpha value is 0.240. The summed E-state index contributed by atoms with van der Waals surface area (Å²) in [7, 11) is 0. The highest BCUT2D eigenvalue weighted by Gasteiger charge is 1.91. The zero-order valence-corrected chi connectivity index (χ0v) is 8.77. The zero-order chi connectivity index (χ0) is 8.53. The Morgan fingerprint density at radius 3 is 2.45 bits per heavy atom. The molecule has 0 fully saturated rings. The molecular formula is C8H17NS2. The minimum Gasteiger partial charge on any atom is -0.385 e. The van der Waals surface area contributed by atoms with Crippen LogP contribution in [0, 0.1) is 0 Å². The Labute approximate surface area is 79.1 Å². The average Bonchev–Trinajstić information content (AvgIpc) is 1.96. The molecule has 0 aromatic rings. The fourth-order valence-electron chi connectivity index (χ4n) is 0.878. The molecule has 0 aromatic carbocycles. The summed E-state index contributed by atoms with van der Waals surface area (Å²) in [5, 5.41) is 0. The number of unbranched alkanes of at least 4 members (excludes halogenated alkanes) is 4. The number of hydrogen-bond donors (Lipinski definition) is 1. The minimum atomic E-state index is 0.584. The maximum atomic E-state index is 5.33. The van der Waals surface area contributed by atoms with Gasteiger partial charge in [0.2, 0.25) is 0 Å². The normalized spacial score (nSPS) is 9.91. The van der Waals surface area contributed by atoms with Gasteiger partial charge >= 0.3 is 0 Å². The van der Waals surface area contributed by atoms with E-state index >= 15 is 0 Å². The number of nitrogens with two attached hydrogens (primary N) is 1. The molecular weight excluding hydrogens is 174 g/mol. The van der Waals surface area contributed by atoms with Crippen molar-refractivity contribution in [2.45, 2.75) is 39.0 Å². The van der Waals surface area contributed by atoms with E-state index in [9.17, 15) is 0 Å². The van der Waals surface area contributed by atoms with Crippen LogP contribution in [-0.4, -0.2) is 10.1 Å². The predicted octanol–water partition coefficient (Wildman–Crippen LogP) is 2.93. The van der Waals surface area contributed by atoms with Gasteiger partial charge in [-0.2, -0.15) is 0 Å². The van der Waals surface area contributed by atoms with Gasteiger partial charge in [0.15, 0.2) is 0 Å². The van der Waals surface area contributed by atoms with Crippen LogP contribution in [0.5, 0.6) is 0 Å². The molecule has 0 bridgehead atoms. The third kappa shape index (κ3) is 10.2. The largest absolute Gasteiger partial charge is 0.385 e. The Bertz CT molecular complexity index is 104. The summed E-state index contributed by atoms with van der Waals surface area (Å²) in [5.41, 5.74) is 5.33. The number of hydrogen-bond acceptors (Lipinski definition) is 2. The van der Waals surface area contributed by atoms with Gasteiger partial charge in [0.05, 0.1) is 0 Å². The van der Waals surface area contributed by atoms with Crippen molar-refractivity contribution in [1.29, 1.82) is 0 Å². The predicted molar refractivity (Wildman–Crippen MR) is 58.0 cm³/mol. The second-order valence-corrected chi connectivity index (χ2v) is 4.42. The first-order valence-corrected chi connectivity index (χ1v) is 5.59. The average molecular weight is 191 g/mol. The molecule has 0 radical (unpaired) electrons. The summed E-state index contributed by atoms with van der Waals surface area (Å²) in [6.45, 7) is 2.23. The summed E-state index contributed by atoms with van der Waals surface area (Å²) < 4.78 is 0.584. The van der Waals surface area contributed by atoms with Crippen LogP contribution in [0.2, 0.25) is 0 Å². The quantitative estimate of drug-likeness (QED) is 0.516. The van der Waals surface area contributed by atoms with Gasteiger partial charge in [0.25, 0.3) is 0 Å². The van der Waals surface area contributed by atoms with Crippen LogP contribution in [0.15, 0.2) is 0 Å². The number of thioether (sulfide) groups is 1. The van der Waals surface area contributed by atoms with Crippen LogP contribution in [0.3, 0.4) is 0 Å². The standard InChI is InChI=1S/C8H17NS2/c1-2-3-4-5-6-7-11-8(9)10/h2-7H2,1H3,(H2,9,10). The SMILES string of the molecule is CCCCCCCSC(N)=S. The van der Waals surface area contributed by atoms with E-state index < -0.39 is 0 Å². The second kappa shape index (κ2) is 8.34. The Balaban J connectivity index is 2.85. The topological polar surface area (TPSA) is 26.0 Å². The third-order valence-corrected chi connectivity index (χ3v) is 2.62. The highest BCUT2D eigenvalue weighted by Crippen LogP contribution is 2.08. The smallest absolute Gasteiger partial charge is 0.131 e. The first kappa shape index (κ1) is 11.2. The summed E-state index contributed by atoms with van der Waals surface area (Å²) >= 11 is 6.34. The summed E-state index contributed by atoms with van der Waals surface area (Å²) in [6, 6.07) is 0. The molecule has 0 saturated carbocycles. The molecule has 0 saturated heterocycles. The minimum absolute atomic E-state index is 0.584. The van der Waals surface area contributed by atoms with Crippen molar-refractivity contribution in [3.63, 3.8) is 0 Å². The molecule has 0 heterocycles. The van der Waals surface area contributed by atoms with E-state index in [4.69, 9.17) is 18.0 Å². The van der Waals surface area contributed by atoms with Crippen molar-refractivity contribution in [2.75, 3.05) is 5.75 Å². The monoisotopic (exact) mass is 191 g/mol. The number of rotatable bonds is 6. The molecule has 0 amide bonds. The maximum absolute atomic E-state index is 5.33. The van der Waals surface area contributed by atoms with E-state index in [-0.39, 0.29) is 0 Å². The molecule has 0 aliphatic carbocycles. The van der Waals surface area contributed by atoms with Crippen LogP contribution in [0.4, 0.5) is 0 Å². The van der Waals surface area contributed by atoms with Gasteiger partial charge in [-0.25, -0.2) is 0 Å². The lowest BCUT2D eigenvalue weighted by molar-refractivity contribution is 0.660. The summed E-state index contributed by atoms with van der Waals surface area (Å²) in [5.74, 6) is 1.10. The van der Waals surface area contributed by atoms with Crippen molar-refractivity contribution in [3.05, 3.63) is 0 Å². The van der Waals surface area contributed by atoms with Crippen LogP contribution >= 0.6 is 24.0 Å². The molecule has 0 spiro atoms. The van der Waals surface area contributed by atoms with Crippen molar-refractivity contribution >= 4 is 28.3 Å². The number of thiocarbonyl (C=S) groups is 1. The lowest BCUT2D eigenvalue weighted by Gasteiger charge is -1.98. The third-order valence-electron chi connectivity index (χ3n) is 1.49. The lowest BCUT2D eigenvalue weighted by atomic mass is 10.2. The molecule has 0 aliphatic heterocycles. The van der Waals surface area contributed by atoms with Gasteiger partial charge in [0.1, 0.15) is 4.32 Å². The van der Waals surface area contributed by atoms with E-state index in [1.807, 2.05) is 0 Å². The molecule has 2 N–H and O–H groups in total. The van der Waals surface area contributed by atoms with E-state index in [2.05, 4.69) is 6.92 Å². The molecule has 66 valence electrons. The van der Waals surface area contributed by atoms with Gasteiger partial charge in [0, 0.05) is 5.75 Å². The van der Waals surface area contributed by atoms with E-state index in [1.165, 1.54) is 32.1 Å². The van der Waals surface area contributed by atoms with Gasteiger partial charge in [-0.1, -0.05) is 56.6 Å². The maximum Gasteiger partial charge on any atom is 0.131 e. The molecule has 3 heteroatoms. The van der Waals surface area contributed by atoms with E-state index in [1.54, 1.807) is 11.8 Å². The molecule has 0 aromatic heterocycles. The van der Waals surface area contributed by atoms with Crippen LogP contribution in [-0.2, 0) is 0 Å². The van der Waals surface area contributed by atoms with Gasteiger partial charge in [-0.3, -0.25) is 0 Å². The van der Waals surface area contributed by atoms with Crippen LogP contribution in [0.1, 0.15) is 39.0 Å². The van der Waals surface area contributed by atoms with Gasteiger partial charge in [-0.05, 0) is 6.42 Å². The fraction of sp³-hybridized carbons (Fsp3) is 0.875. The first-order valence-electron chi connectivity index (χ1n) is 4.19. The Morgan fingerprint density at radius 2 is 1.91 bits per heavy atom. The van der Waals surface area contributed by atoms with Crippen molar-refractivity contribution in [1.82, 2.24) is 0 Å². The van der Waals surface area contributed by atoms with Crippen LogP contribution < -0.4 is 5.73 Å². The van der Waals surface area contributed by atoms with Crippen molar-refractivity contribution < 1.29 is 0 Å². The Kier molecular flexibility index (Phi) is 8.52. The molecule has 0 rings (SSSR count). The Morgan fingerprint density at radius 1 is 1.27 bits per heavy atom. The van der Waals surface area contributed by atoms with Gasteiger partial charge in [-0.15, -0.1) is 0 Å². The fourth-order valence-corrected chi connectivity index (χ4v) is 1.68. The van der Waals surface area contributed by atoms with E-state index in [0.29, 0.717) is 4.32 Å². The molecule has 11 heavy (non-hydrogen) atoms. The molecule has 1 nitrogen and oxygen atoms in total.